The smallest absolute Gasteiger partial charge is 0.209 e. The third-order valence-corrected chi connectivity index (χ3v) is 2.54. The Morgan fingerprint density at radius 1 is 1.36 bits per heavy atom. The first kappa shape index (κ1) is 10.8. The van der Waals surface area contributed by atoms with Crippen molar-refractivity contribution in [2.24, 2.45) is 5.14 Å². The van der Waals surface area contributed by atoms with Crippen LogP contribution in [0.25, 0.3) is 0 Å². The van der Waals surface area contributed by atoms with Crippen molar-refractivity contribution in [2.45, 2.75) is 6.42 Å². The van der Waals surface area contributed by atoms with Crippen molar-refractivity contribution in [3.63, 3.8) is 0 Å². The van der Waals surface area contributed by atoms with Gasteiger partial charge in [0.25, 0.3) is 0 Å². The topological polar surface area (TPSA) is 106 Å². The van der Waals surface area contributed by atoms with E-state index in [4.69, 9.17) is 16.0 Å². The molecule has 5 nitrogen and oxygen atoms in total. The molecule has 0 spiro atoms. The number of phenols is 1. The van der Waals surface area contributed by atoms with Gasteiger partial charge in [-0.3, -0.25) is 0 Å². The molecular weight excluding hydrogens is 204 g/mol. The van der Waals surface area contributed by atoms with Gasteiger partial charge in [0, 0.05) is 0 Å². The number of hydrogen-bond acceptors (Lipinski definition) is 4. The fourth-order valence-electron chi connectivity index (χ4n) is 1.02. The molecule has 14 heavy (non-hydrogen) atoms. The number of hydrogen-bond donors (Lipinski definition) is 3. The van der Waals surface area contributed by atoms with Crippen LogP contribution >= 0.6 is 0 Å². The normalized spacial score (nSPS) is 11.5. The van der Waals surface area contributed by atoms with Crippen LogP contribution in [-0.2, 0) is 16.4 Å². The summed E-state index contributed by atoms with van der Waals surface area (Å²) in [7, 11) is -3.45. The van der Waals surface area contributed by atoms with Crippen molar-refractivity contribution < 1.29 is 13.5 Å². The molecular formula is C8H12N2O3S. The first-order chi connectivity index (χ1) is 6.38. The number of primary sulfonamides is 1. The number of sulfonamides is 1. The molecule has 1 rings (SSSR count). The summed E-state index contributed by atoms with van der Waals surface area (Å²) in [4.78, 5) is 0. The van der Waals surface area contributed by atoms with Gasteiger partial charge in [-0.2, -0.15) is 0 Å². The molecule has 0 aromatic heterocycles. The van der Waals surface area contributed by atoms with E-state index in [1.165, 1.54) is 12.1 Å². The van der Waals surface area contributed by atoms with E-state index in [1.807, 2.05) is 0 Å². The number of aryl methyl sites for hydroxylation is 1. The van der Waals surface area contributed by atoms with Gasteiger partial charge < -0.3 is 10.8 Å². The zero-order valence-corrected chi connectivity index (χ0v) is 8.29. The molecule has 0 saturated carbocycles. The summed E-state index contributed by atoms with van der Waals surface area (Å²) in [6.45, 7) is 0. The van der Waals surface area contributed by atoms with Crippen LogP contribution in [0.3, 0.4) is 0 Å². The number of aromatic hydroxyl groups is 1. The highest BCUT2D eigenvalue weighted by Gasteiger charge is 2.04. The second-order valence-corrected chi connectivity index (χ2v) is 4.74. The quantitative estimate of drug-likeness (QED) is 0.480. The van der Waals surface area contributed by atoms with E-state index in [0.29, 0.717) is 6.42 Å². The Bertz CT molecular complexity index is 428. The van der Waals surface area contributed by atoms with Crippen LogP contribution in [0.1, 0.15) is 5.56 Å². The Morgan fingerprint density at radius 2 is 2.00 bits per heavy atom. The molecule has 1 aromatic carbocycles. The van der Waals surface area contributed by atoms with E-state index in [9.17, 15) is 8.42 Å². The van der Waals surface area contributed by atoms with E-state index < -0.39 is 10.0 Å². The van der Waals surface area contributed by atoms with Gasteiger partial charge in [-0.25, -0.2) is 13.6 Å². The molecule has 0 saturated heterocycles. The first-order valence-corrected chi connectivity index (χ1v) is 5.68. The predicted octanol–water partition coefficient (Wildman–Crippen LogP) is -0.195. The highest BCUT2D eigenvalue weighted by molar-refractivity contribution is 7.89. The SMILES string of the molecule is Nc1cc(CCS(N)(=O)=O)ccc1O. The van der Waals surface area contributed by atoms with Crippen LogP contribution in [-0.4, -0.2) is 19.3 Å². The monoisotopic (exact) mass is 216 g/mol. The van der Waals surface area contributed by atoms with Gasteiger partial charge in [-0.1, -0.05) is 6.07 Å². The first-order valence-electron chi connectivity index (χ1n) is 3.96. The van der Waals surface area contributed by atoms with Crippen molar-refractivity contribution >= 4 is 15.7 Å². The van der Waals surface area contributed by atoms with Gasteiger partial charge in [0.1, 0.15) is 5.75 Å². The maximum absolute atomic E-state index is 10.7. The number of nitrogen functional groups attached to an aromatic ring is 1. The van der Waals surface area contributed by atoms with Gasteiger partial charge >= 0.3 is 0 Å². The maximum atomic E-state index is 10.7. The molecule has 0 radical (unpaired) electrons. The number of anilines is 1. The van der Waals surface area contributed by atoms with Crippen molar-refractivity contribution in [1.82, 2.24) is 0 Å². The minimum atomic E-state index is -3.45. The summed E-state index contributed by atoms with van der Waals surface area (Å²) in [5, 5.41) is 13.9. The average molecular weight is 216 g/mol. The molecule has 0 atom stereocenters. The molecule has 0 aliphatic rings. The molecule has 78 valence electrons. The van der Waals surface area contributed by atoms with Crippen molar-refractivity contribution in [2.75, 3.05) is 11.5 Å². The minimum Gasteiger partial charge on any atom is -0.506 e. The third kappa shape index (κ3) is 3.23. The third-order valence-electron chi connectivity index (χ3n) is 1.77. The summed E-state index contributed by atoms with van der Waals surface area (Å²) in [6.07, 6.45) is 0.295. The van der Waals surface area contributed by atoms with E-state index in [2.05, 4.69) is 0 Å². The zero-order valence-electron chi connectivity index (χ0n) is 7.47. The van der Waals surface area contributed by atoms with E-state index in [0.717, 1.165) is 5.56 Å². The molecule has 0 bridgehead atoms. The minimum absolute atomic E-state index is 0.00986. The highest BCUT2D eigenvalue weighted by Crippen LogP contribution is 2.20. The summed E-state index contributed by atoms with van der Waals surface area (Å²) in [5.74, 6) is -0.138. The summed E-state index contributed by atoms with van der Waals surface area (Å²) in [6, 6.07) is 4.56. The lowest BCUT2D eigenvalue weighted by atomic mass is 10.1. The second-order valence-electron chi connectivity index (χ2n) is 3.01. The van der Waals surface area contributed by atoms with Crippen LogP contribution in [0.15, 0.2) is 18.2 Å². The summed E-state index contributed by atoms with van der Waals surface area (Å²) >= 11 is 0. The van der Waals surface area contributed by atoms with Gasteiger partial charge in [-0.15, -0.1) is 0 Å². The highest BCUT2D eigenvalue weighted by atomic mass is 32.2. The van der Waals surface area contributed by atoms with Gasteiger partial charge in [0.05, 0.1) is 11.4 Å². The molecule has 0 unspecified atom stereocenters. The van der Waals surface area contributed by atoms with Crippen LogP contribution < -0.4 is 10.9 Å². The fraction of sp³-hybridized carbons (Fsp3) is 0.250. The lowest BCUT2D eigenvalue weighted by Gasteiger charge is -2.03. The number of phenolic OH excluding ortho intramolecular Hbond substituents is 1. The molecule has 1 aromatic rings. The summed E-state index contributed by atoms with van der Waals surface area (Å²) < 4.78 is 21.3. The van der Waals surface area contributed by atoms with Crippen LogP contribution in [0.2, 0.25) is 0 Å². The van der Waals surface area contributed by atoms with E-state index in [1.54, 1.807) is 6.07 Å². The lowest BCUT2D eigenvalue weighted by Crippen LogP contribution is -2.17. The predicted molar refractivity (Wildman–Crippen MR) is 54.2 cm³/mol. The molecule has 0 aliphatic carbocycles. The molecule has 0 heterocycles. The van der Waals surface area contributed by atoms with Crippen LogP contribution in [0, 0.1) is 0 Å². The zero-order chi connectivity index (χ0) is 10.8. The van der Waals surface area contributed by atoms with E-state index in [-0.39, 0.29) is 17.2 Å². The largest absolute Gasteiger partial charge is 0.506 e. The van der Waals surface area contributed by atoms with Crippen molar-refractivity contribution in [3.05, 3.63) is 23.8 Å². The number of rotatable bonds is 3. The standard InChI is InChI=1S/C8H12N2O3S/c9-7-5-6(1-2-8(7)11)3-4-14(10,12)13/h1-2,5,11H,3-4,9H2,(H2,10,12,13). The second kappa shape index (κ2) is 3.85. The van der Waals surface area contributed by atoms with Crippen molar-refractivity contribution in [1.29, 1.82) is 0 Å². The number of benzene rings is 1. The average Bonchev–Trinajstić information content (AvgIpc) is 2.06. The van der Waals surface area contributed by atoms with E-state index >= 15 is 0 Å². The Morgan fingerprint density at radius 3 is 2.50 bits per heavy atom. The van der Waals surface area contributed by atoms with Gasteiger partial charge in [0.15, 0.2) is 0 Å². The Balaban J connectivity index is 2.74. The fourth-order valence-corrected chi connectivity index (χ4v) is 1.54. The van der Waals surface area contributed by atoms with Crippen molar-refractivity contribution in [3.8, 4) is 5.75 Å². The molecule has 6 heteroatoms. The Kier molecular flexibility index (Phi) is 2.97. The molecule has 5 N–H and O–H groups in total. The van der Waals surface area contributed by atoms with Crippen LogP contribution in [0.4, 0.5) is 5.69 Å². The van der Waals surface area contributed by atoms with Gasteiger partial charge in [0.2, 0.25) is 10.0 Å². The van der Waals surface area contributed by atoms with Crippen LogP contribution in [0.5, 0.6) is 5.75 Å². The molecule has 0 amide bonds. The lowest BCUT2D eigenvalue weighted by molar-refractivity contribution is 0.478. The maximum Gasteiger partial charge on any atom is 0.209 e. The molecule has 0 fully saturated rings. The Labute approximate surface area is 82.4 Å². The molecule has 0 aliphatic heterocycles. The van der Waals surface area contributed by atoms with Gasteiger partial charge in [-0.05, 0) is 24.1 Å². The Hall–Kier alpha value is -1.27. The summed E-state index contributed by atoms with van der Waals surface area (Å²) in [5.41, 5.74) is 6.39. The number of nitrogens with two attached hydrogens (primary N) is 2.